The van der Waals surface area contributed by atoms with E-state index in [1.165, 1.54) is 17.1 Å². The van der Waals surface area contributed by atoms with Crippen molar-refractivity contribution in [3.8, 4) is 5.69 Å². The molecule has 0 amide bonds. The quantitative estimate of drug-likeness (QED) is 0.648. The number of nitrogens with zero attached hydrogens (tertiary/aromatic N) is 2. The molecule has 0 fully saturated rings. The Morgan fingerprint density at radius 1 is 1.47 bits per heavy atom. The fourth-order valence-electron chi connectivity index (χ4n) is 1.49. The number of sulfone groups is 1. The van der Waals surface area contributed by atoms with E-state index in [4.69, 9.17) is 11.1 Å². The number of nitrogens with one attached hydrogen (secondary N) is 1. The summed E-state index contributed by atoms with van der Waals surface area (Å²) in [6.07, 6.45) is 3.85. The molecule has 0 aliphatic carbocycles. The van der Waals surface area contributed by atoms with Gasteiger partial charge < -0.3 is 5.73 Å². The highest BCUT2D eigenvalue weighted by molar-refractivity contribution is 9.10. The lowest BCUT2D eigenvalue weighted by Gasteiger charge is -2.06. The zero-order valence-corrected chi connectivity index (χ0v) is 12.4. The van der Waals surface area contributed by atoms with Crippen molar-refractivity contribution in [2.75, 3.05) is 6.26 Å². The first-order valence-corrected chi connectivity index (χ1v) is 7.86. The zero-order chi connectivity index (χ0) is 14.2. The number of nitrogens with two attached hydrogens (primary N) is 1. The summed E-state index contributed by atoms with van der Waals surface area (Å²) in [5.74, 6) is -0.0375. The van der Waals surface area contributed by atoms with Gasteiger partial charge in [-0.3, -0.25) is 5.41 Å². The van der Waals surface area contributed by atoms with Gasteiger partial charge in [0, 0.05) is 22.5 Å². The van der Waals surface area contributed by atoms with E-state index in [-0.39, 0.29) is 10.7 Å². The van der Waals surface area contributed by atoms with Gasteiger partial charge in [0.15, 0.2) is 9.84 Å². The number of hydrogen-bond acceptors (Lipinski definition) is 4. The molecule has 1 aromatic heterocycles. The zero-order valence-electron chi connectivity index (χ0n) is 9.96. The Morgan fingerprint density at radius 3 is 2.63 bits per heavy atom. The van der Waals surface area contributed by atoms with Crippen LogP contribution in [0.25, 0.3) is 5.69 Å². The minimum absolute atomic E-state index is 0.0375. The first-order chi connectivity index (χ1) is 8.79. The van der Waals surface area contributed by atoms with E-state index >= 15 is 0 Å². The van der Waals surface area contributed by atoms with Gasteiger partial charge in [0.1, 0.15) is 10.7 Å². The summed E-state index contributed by atoms with van der Waals surface area (Å²) in [4.78, 5) is 0.148. The first-order valence-electron chi connectivity index (χ1n) is 5.18. The third kappa shape index (κ3) is 2.85. The van der Waals surface area contributed by atoms with Gasteiger partial charge in [0.2, 0.25) is 0 Å². The highest BCUT2D eigenvalue weighted by Gasteiger charge is 2.12. The largest absolute Gasteiger partial charge is 0.384 e. The van der Waals surface area contributed by atoms with Crippen molar-refractivity contribution in [3.63, 3.8) is 0 Å². The maximum atomic E-state index is 11.4. The number of nitrogen functional groups attached to an aromatic ring is 1. The third-order valence-corrected chi connectivity index (χ3v) is 4.19. The Labute approximate surface area is 118 Å². The molecule has 1 aromatic carbocycles. The normalized spacial score (nSPS) is 11.5. The SMILES string of the molecule is CS(=O)(=O)c1cnn(-c2ccc(C(=N)N)cc2Br)c1. The average Bonchev–Trinajstić information content (AvgIpc) is 2.77. The molecule has 3 N–H and O–H groups in total. The molecule has 19 heavy (non-hydrogen) atoms. The number of halogens is 1. The number of aromatic nitrogens is 2. The van der Waals surface area contributed by atoms with Gasteiger partial charge in [-0.2, -0.15) is 5.10 Å². The van der Waals surface area contributed by atoms with E-state index in [1.54, 1.807) is 18.2 Å². The van der Waals surface area contributed by atoms with Crippen molar-refractivity contribution < 1.29 is 8.42 Å². The van der Waals surface area contributed by atoms with Crippen molar-refractivity contribution in [3.05, 3.63) is 40.6 Å². The molecule has 2 rings (SSSR count). The minimum atomic E-state index is -3.28. The third-order valence-electron chi connectivity index (χ3n) is 2.49. The first kappa shape index (κ1) is 13.8. The van der Waals surface area contributed by atoms with Crippen LogP contribution >= 0.6 is 15.9 Å². The monoisotopic (exact) mass is 342 g/mol. The molecule has 0 saturated heterocycles. The van der Waals surface area contributed by atoms with Crippen molar-refractivity contribution in [2.45, 2.75) is 4.90 Å². The molecule has 0 bridgehead atoms. The summed E-state index contributed by atoms with van der Waals surface area (Å²) in [7, 11) is -3.28. The fraction of sp³-hybridized carbons (Fsp3) is 0.0909. The Morgan fingerprint density at radius 2 is 2.16 bits per heavy atom. The molecule has 0 aliphatic heterocycles. The van der Waals surface area contributed by atoms with Crippen LogP contribution in [-0.4, -0.2) is 30.3 Å². The van der Waals surface area contributed by atoms with Crippen LogP contribution < -0.4 is 5.73 Å². The van der Waals surface area contributed by atoms with E-state index in [0.29, 0.717) is 15.7 Å². The second-order valence-corrected chi connectivity index (χ2v) is 6.84. The lowest BCUT2D eigenvalue weighted by atomic mass is 10.2. The van der Waals surface area contributed by atoms with Crippen molar-refractivity contribution in [1.29, 1.82) is 5.41 Å². The van der Waals surface area contributed by atoms with Crippen molar-refractivity contribution in [1.82, 2.24) is 9.78 Å². The molecule has 0 atom stereocenters. The number of amidine groups is 1. The van der Waals surface area contributed by atoms with Gasteiger partial charge in [0.25, 0.3) is 0 Å². The number of hydrogen-bond donors (Lipinski definition) is 2. The molecule has 0 aliphatic rings. The molecular weight excluding hydrogens is 332 g/mol. The van der Waals surface area contributed by atoms with Gasteiger partial charge in [-0.05, 0) is 34.1 Å². The van der Waals surface area contributed by atoms with Gasteiger partial charge in [-0.15, -0.1) is 0 Å². The molecule has 0 radical (unpaired) electrons. The fourth-order valence-corrected chi connectivity index (χ4v) is 2.58. The highest BCUT2D eigenvalue weighted by Crippen LogP contribution is 2.23. The minimum Gasteiger partial charge on any atom is -0.384 e. The summed E-state index contributed by atoms with van der Waals surface area (Å²) in [6, 6.07) is 5.06. The van der Waals surface area contributed by atoms with E-state index in [1.807, 2.05) is 0 Å². The van der Waals surface area contributed by atoms with Crippen LogP contribution in [0.3, 0.4) is 0 Å². The van der Waals surface area contributed by atoms with Gasteiger partial charge in [-0.25, -0.2) is 13.1 Å². The summed E-state index contributed by atoms with van der Waals surface area (Å²) in [5.41, 5.74) is 6.63. The maximum Gasteiger partial charge on any atom is 0.178 e. The number of benzene rings is 1. The lowest BCUT2D eigenvalue weighted by molar-refractivity contribution is 0.602. The molecular formula is C11H11BrN4O2S. The topological polar surface area (TPSA) is 102 Å². The maximum absolute atomic E-state index is 11.4. The Bertz CT molecular complexity index is 752. The van der Waals surface area contributed by atoms with E-state index in [2.05, 4.69) is 21.0 Å². The van der Waals surface area contributed by atoms with Crippen LogP contribution in [0.4, 0.5) is 0 Å². The van der Waals surface area contributed by atoms with E-state index in [9.17, 15) is 8.42 Å². The molecule has 0 unspecified atom stereocenters. The predicted octanol–water partition coefficient (Wildman–Crippen LogP) is 1.32. The Hall–Kier alpha value is -1.67. The Balaban J connectivity index is 2.48. The van der Waals surface area contributed by atoms with Crippen molar-refractivity contribution >= 4 is 31.6 Å². The Kier molecular flexibility index (Phi) is 3.46. The van der Waals surface area contributed by atoms with Gasteiger partial charge in [0.05, 0.1) is 11.9 Å². The van der Waals surface area contributed by atoms with Gasteiger partial charge in [-0.1, -0.05) is 0 Å². The van der Waals surface area contributed by atoms with Crippen LogP contribution in [0.5, 0.6) is 0 Å². The number of rotatable bonds is 3. The molecule has 1 heterocycles. The second kappa shape index (κ2) is 4.78. The molecule has 100 valence electrons. The molecule has 0 saturated carbocycles. The predicted molar refractivity (Wildman–Crippen MR) is 75.4 cm³/mol. The summed E-state index contributed by atoms with van der Waals surface area (Å²) < 4.78 is 24.9. The molecule has 2 aromatic rings. The smallest absolute Gasteiger partial charge is 0.178 e. The van der Waals surface area contributed by atoms with Gasteiger partial charge >= 0.3 is 0 Å². The lowest BCUT2D eigenvalue weighted by Crippen LogP contribution is -2.11. The summed E-state index contributed by atoms with van der Waals surface area (Å²) in [5, 5.41) is 11.4. The van der Waals surface area contributed by atoms with Crippen LogP contribution in [0.15, 0.2) is 40.0 Å². The second-order valence-electron chi connectivity index (χ2n) is 3.97. The highest BCUT2D eigenvalue weighted by atomic mass is 79.9. The van der Waals surface area contributed by atoms with Crippen molar-refractivity contribution in [2.24, 2.45) is 5.73 Å². The van der Waals surface area contributed by atoms with E-state index in [0.717, 1.165) is 6.26 Å². The molecule has 6 nitrogen and oxygen atoms in total. The summed E-state index contributed by atoms with van der Waals surface area (Å²) in [6.45, 7) is 0. The van der Waals surface area contributed by atoms with Crippen LogP contribution in [0, 0.1) is 5.41 Å². The molecule has 0 spiro atoms. The standard InChI is InChI=1S/C11H11BrN4O2S/c1-19(17,18)8-5-15-16(6-8)10-3-2-7(11(13)14)4-9(10)12/h2-6H,1H3,(H3,13,14). The van der Waals surface area contributed by atoms with Crippen LogP contribution in [0.1, 0.15) is 5.56 Å². The average molecular weight is 343 g/mol. The van der Waals surface area contributed by atoms with Crippen LogP contribution in [-0.2, 0) is 9.84 Å². The van der Waals surface area contributed by atoms with E-state index < -0.39 is 9.84 Å². The summed E-state index contributed by atoms with van der Waals surface area (Å²) >= 11 is 3.35. The van der Waals surface area contributed by atoms with Crippen LogP contribution in [0.2, 0.25) is 0 Å². The molecule has 8 heteroatoms.